The molecule has 0 unspecified atom stereocenters. The normalized spacial score (nSPS) is 10.6. The quantitative estimate of drug-likeness (QED) is 0.430. The van der Waals surface area contributed by atoms with E-state index in [4.69, 9.17) is 4.74 Å². The summed E-state index contributed by atoms with van der Waals surface area (Å²) in [5.74, 6) is -1.11. The topological polar surface area (TPSA) is 94.7 Å². The Hall–Kier alpha value is -3.16. The van der Waals surface area contributed by atoms with Gasteiger partial charge in [-0.2, -0.15) is 0 Å². The molecule has 2 rings (SSSR count). The van der Waals surface area contributed by atoms with Gasteiger partial charge in [-0.15, -0.1) is 0 Å². The predicted octanol–water partition coefficient (Wildman–Crippen LogP) is 2.53. The lowest BCUT2D eigenvalue weighted by Gasteiger charge is -2.26. The SMILES string of the molecule is CC(C)N(Cc1ccccc1)C(=O)COC(=O)c1cc([N+](=O)[O-])cn1C. The van der Waals surface area contributed by atoms with E-state index in [1.165, 1.54) is 17.8 Å². The molecule has 8 heteroatoms. The number of aryl methyl sites for hydroxylation is 1. The minimum atomic E-state index is -0.780. The maximum Gasteiger partial charge on any atom is 0.355 e. The molecule has 26 heavy (non-hydrogen) atoms. The fraction of sp³-hybridized carbons (Fsp3) is 0.333. The molecule has 0 aliphatic carbocycles. The minimum absolute atomic E-state index is 0.0173. The summed E-state index contributed by atoms with van der Waals surface area (Å²) in [5, 5.41) is 10.8. The summed E-state index contributed by atoms with van der Waals surface area (Å²) in [4.78, 5) is 36.4. The van der Waals surface area contributed by atoms with Crippen LogP contribution in [-0.2, 0) is 23.1 Å². The molecule has 0 spiro atoms. The van der Waals surface area contributed by atoms with Crippen LogP contribution in [0.3, 0.4) is 0 Å². The summed E-state index contributed by atoms with van der Waals surface area (Å²) >= 11 is 0. The molecule has 1 aromatic heterocycles. The molecule has 0 aliphatic heterocycles. The van der Waals surface area contributed by atoms with E-state index in [0.717, 1.165) is 11.6 Å². The number of aromatic nitrogens is 1. The van der Waals surface area contributed by atoms with Crippen molar-refractivity contribution in [3.63, 3.8) is 0 Å². The van der Waals surface area contributed by atoms with Gasteiger partial charge in [-0.1, -0.05) is 30.3 Å². The van der Waals surface area contributed by atoms with E-state index in [1.54, 1.807) is 4.90 Å². The first-order valence-electron chi connectivity index (χ1n) is 8.11. The molecule has 0 bridgehead atoms. The van der Waals surface area contributed by atoms with Gasteiger partial charge >= 0.3 is 5.97 Å². The van der Waals surface area contributed by atoms with Gasteiger partial charge in [-0.3, -0.25) is 14.9 Å². The highest BCUT2D eigenvalue weighted by Gasteiger charge is 2.22. The summed E-state index contributed by atoms with van der Waals surface area (Å²) in [7, 11) is 1.50. The van der Waals surface area contributed by atoms with Crippen LogP contribution in [0, 0.1) is 10.1 Å². The van der Waals surface area contributed by atoms with Gasteiger partial charge in [-0.25, -0.2) is 4.79 Å². The molecule has 0 saturated carbocycles. The number of carbonyl (C=O) groups excluding carboxylic acids is 2. The van der Waals surface area contributed by atoms with E-state index in [1.807, 2.05) is 44.2 Å². The van der Waals surface area contributed by atoms with E-state index in [0.29, 0.717) is 6.54 Å². The zero-order chi connectivity index (χ0) is 19.3. The second kappa shape index (κ2) is 8.28. The van der Waals surface area contributed by atoms with Crippen molar-refractivity contribution in [2.45, 2.75) is 26.4 Å². The van der Waals surface area contributed by atoms with Gasteiger partial charge in [0.15, 0.2) is 6.61 Å². The zero-order valence-electron chi connectivity index (χ0n) is 14.9. The number of benzene rings is 1. The average Bonchev–Trinajstić information content (AvgIpc) is 3.00. The number of hydrogen-bond donors (Lipinski definition) is 0. The van der Waals surface area contributed by atoms with Crippen molar-refractivity contribution >= 4 is 17.6 Å². The average molecular weight is 359 g/mol. The van der Waals surface area contributed by atoms with Crippen LogP contribution in [0.5, 0.6) is 0 Å². The summed E-state index contributed by atoms with van der Waals surface area (Å²) in [6.07, 6.45) is 1.22. The molecule has 0 aliphatic rings. The molecule has 8 nitrogen and oxygen atoms in total. The molecular weight excluding hydrogens is 338 g/mol. The number of rotatable bonds is 7. The van der Waals surface area contributed by atoms with Gasteiger partial charge < -0.3 is 14.2 Å². The van der Waals surface area contributed by atoms with E-state index in [2.05, 4.69) is 0 Å². The molecule has 1 amide bonds. The maximum atomic E-state index is 12.5. The van der Waals surface area contributed by atoms with Gasteiger partial charge in [-0.05, 0) is 19.4 Å². The summed E-state index contributed by atoms with van der Waals surface area (Å²) in [6, 6.07) is 10.6. The molecule has 2 aromatic rings. The number of ether oxygens (including phenoxy) is 1. The van der Waals surface area contributed by atoms with Gasteiger partial charge in [0.1, 0.15) is 5.69 Å². The second-order valence-electron chi connectivity index (χ2n) is 6.13. The Labute approximate surface area is 151 Å². The standard InChI is InChI=1S/C18H21N3O5/c1-13(2)20(10-14-7-5-4-6-8-14)17(22)12-26-18(23)16-9-15(21(24)25)11-19(16)3/h4-9,11,13H,10,12H2,1-3H3. The third kappa shape index (κ3) is 4.69. The summed E-state index contributed by atoms with van der Waals surface area (Å²) < 4.78 is 6.36. The number of esters is 1. The molecule has 138 valence electrons. The van der Waals surface area contributed by atoms with Crippen LogP contribution < -0.4 is 0 Å². The maximum absolute atomic E-state index is 12.5. The molecule has 0 N–H and O–H groups in total. The first-order valence-corrected chi connectivity index (χ1v) is 8.11. The van der Waals surface area contributed by atoms with E-state index >= 15 is 0 Å². The number of amides is 1. The Morgan fingerprint density at radius 1 is 1.27 bits per heavy atom. The third-order valence-corrected chi connectivity index (χ3v) is 3.88. The van der Waals surface area contributed by atoms with Crippen LogP contribution in [0.15, 0.2) is 42.6 Å². The van der Waals surface area contributed by atoms with Crippen LogP contribution in [0.4, 0.5) is 5.69 Å². The van der Waals surface area contributed by atoms with Crippen molar-refractivity contribution in [3.05, 3.63) is 64.0 Å². The Bertz CT molecular complexity index is 798. The largest absolute Gasteiger partial charge is 0.451 e. The van der Waals surface area contributed by atoms with Crippen LogP contribution in [-0.4, -0.2) is 38.9 Å². The molecule has 1 aromatic carbocycles. The lowest BCUT2D eigenvalue weighted by Crippen LogP contribution is -2.39. The molecule has 0 radical (unpaired) electrons. The van der Waals surface area contributed by atoms with Gasteiger partial charge in [0.05, 0.1) is 11.1 Å². The van der Waals surface area contributed by atoms with Gasteiger partial charge in [0.2, 0.25) is 0 Å². The van der Waals surface area contributed by atoms with Crippen molar-refractivity contribution in [1.82, 2.24) is 9.47 Å². The monoisotopic (exact) mass is 359 g/mol. The van der Waals surface area contributed by atoms with Crippen LogP contribution >= 0.6 is 0 Å². The summed E-state index contributed by atoms with van der Waals surface area (Å²) in [6.45, 7) is 3.74. The number of nitrogens with zero attached hydrogens (tertiary/aromatic N) is 3. The Morgan fingerprint density at radius 3 is 2.46 bits per heavy atom. The lowest BCUT2D eigenvalue weighted by molar-refractivity contribution is -0.384. The Balaban J connectivity index is 2.01. The third-order valence-electron chi connectivity index (χ3n) is 3.88. The smallest absolute Gasteiger partial charge is 0.355 e. The molecule has 0 saturated heterocycles. The van der Waals surface area contributed by atoms with Crippen LogP contribution in [0.25, 0.3) is 0 Å². The fourth-order valence-corrected chi connectivity index (χ4v) is 2.47. The van der Waals surface area contributed by atoms with Gasteiger partial charge in [0.25, 0.3) is 11.6 Å². The van der Waals surface area contributed by atoms with Crippen molar-refractivity contribution in [1.29, 1.82) is 0 Å². The fourth-order valence-electron chi connectivity index (χ4n) is 2.47. The highest BCUT2D eigenvalue weighted by molar-refractivity contribution is 5.90. The lowest BCUT2D eigenvalue weighted by atomic mass is 10.2. The highest BCUT2D eigenvalue weighted by atomic mass is 16.6. The molecule has 0 fully saturated rings. The highest BCUT2D eigenvalue weighted by Crippen LogP contribution is 2.16. The van der Waals surface area contributed by atoms with E-state index in [9.17, 15) is 19.7 Å². The first kappa shape index (κ1) is 19.2. The van der Waals surface area contributed by atoms with Crippen LogP contribution in [0.1, 0.15) is 29.9 Å². The Kier molecular flexibility index (Phi) is 6.11. The first-order chi connectivity index (χ1) is 12.3. The predicted molar refractivity (Wildman–Crippen MR) is 94.5 cm³/mol. The van der Waals surface area contributed by atoms with Crippen molar-refractivity contribution in [2.75, 3.05) is 6.61 Å². The molecule has 0 atom stereocenters. The van der Waals surface area contributed by atoms with Crippen molar-refractivity contribution in [2.24, 2.45) is 7.05 Å². The van der Waals surface area contributed by atoms with E-state index in [-0.39, 0.29) is 23.3 Å². The number of nitro groups is 1. The minimum Gasteiger partial charge on any atom is -0.451 e. The summed E-state index contributed by atoms with van der Waals surface area (Å²) in [5.41, 5.74) is 0.779. The molecule has 1 heterocycles. The van der Waals surface area contributed by atoms with E-state index < -0.39 is 17.5 Å². The second-order valence-corrected chi connectivity index (χ2v) is 6.13. The van der Waals surface area contributed by atoms with Gasteiger partial charge in [0, 0.05) is 25.7 Å². The number of hydrogen-bond acceptors (Lipinski definition) is 5. The Morgan fingerprint density at radius 2 is 1.92 bits per heavy atom. The van der Waals surface area contributed by atoms with Crippen molar-refractivity contribution in [3.8, 4) is 0 Å². The number of carbonyl (C=O) groups is 2. The molecular formula is C18H21N3O5. The van der Waals surface area contributed by atoms with Crippen molar-refractivity contribution < 1.29 is 19.2 Å². The van der Waals surface area contributed by atoms with Crippen LogP contribution in [0.2, 0.25) is 0 Å². The zero-order valence-corrected chi connectivity index (χ0v) is 14.9.